The van der Waals surface area contributed by atoms with Gasteiger partial charge in [0.2, 0.25) is 0 Å². The van der Waals surface area contributed by atoms with E-state index in [2.05, 4.69) is 91.7 Å². The van der Waals surface area contributed by atoms with Crippen molar-refractivity contribution < 1.29 is 0 Å². The monoisotopic (exact) mass is 484 g/mol. The molecule has 1 aliphatic rings. The lowest BCUT2D eigenvalue weighted by molar-refractivity contribution is 0.236. The Bertz CT molecular complexity index is 1260. The highest BCUT2D eigenvalue weighted by Gasteiger charge is 2.28. The lowest BCUT2D eigenvalue weighted by atomic mass is 10.1. The summed E-state index contributed by atoms with van der Waals surface area (Å²) in [5.41, 5.74) is 2.47. The minimum atomic E-state index is 0.544. The van der Waals surface area contributed by atoms with Crippen LogP contribution in [0, 0.1) is 5.92 Å². The molecular formula is C30H40N6. The second kappa shape index (κ2) is 11.8. The molecule has 36 heavy (non-hydrogen) atoms. The summed E-state index contributed by atoms with van der Waals surface area (Å²) in [5.74, 6) is 1.68. The van der Waals surface area contributed by atoms with Crippen molar-refractivity contribution in [2.45, 2.75) is 45.1 Å². The Hall–Kier alpha value is -2.96. The van der Waals surface area contributed by atoms with E-state index in [0.717, 1.165) is 48.8 Å². The molecular weight excluding hydrogens is 444 g/mol. The number of anilines is 1. The highest BCUT2D eigenvalue weighted by atomic mass is 15.1. The molecule has 190 valence electrons. The molecule has 1 saturated carbocycles. The molecule has 2 aromatic heterocycles. The van der Waals surface area contributed by atoms with Crippen LogP contribution in [0.4, 0.5) is 5.82 Å². The fourth-order valence-electron chi connectivity index (χ4n) is 5.86. The SMILES string of the molecule is CCN(CCCNCCc1ccc2ccccc2c1)CC1CCC(n2ccc3c(NC)ncnc32)C1. The van der Waals surface area contributed by atoms with Gasteiger partial charge in [-0.05, 0) is 86.6 Å². The van der Waals surface area contributed by atoms with E-state index < -0.39 is 0 Å². The number of hydrogen-bond donors (Lipinski definition) is 2. The van der Waals surface area contributed by atoms with Gasteiger partial charge in [-0.15, -0.1) is 0 Å². The van der Waals surface area contributed by atoms with Crippen LogP contribution < -0.4 is 10.6 Å². The molecule has 4 aromatic rings. The topological polar surface area (TPSA) is 58.0 Å². The fraction of sp³-hybridized carbons (Fsp3) is 0.467. The van der Waals surface area contributed by atoms with Gasteiger partial charge in [0, 0.05) is 25.8 Å². The molecule has 0 aliphatic heterocycles. The Balaban J connectivity index is 1.03. The summed E-state index contributed by atoms with van der Waals surface area (Å²) in [6.07, 6.45) is 9.94. The lowest BCUT2D eigenvalue weighted by Crippen LogP contribution is -2.31. The number of hydrogen-bond acceptors (Lipinski definition) is 5. The third-order valence-electron chi connectivity index (χ3n) is 7.85. The number of rotatable bonds is 12. The lowest BCUT2D eigenvalue weighted by Gasteiger charge is -2.24. The van der Waals surface area contributed by atoms with Crippen molar-refractivity contribution in [1.29, 1.82) is 0 Å². The third kappa shape index (κ3) is 5.71. The summed E-state index contributed by atoms with van der Waals surface area (Å²) >= 11 is 0. The van der Waals surface area contributed by atoms with E-state index in [1.54, 1.807) is 6.33 Å². The number of aromatic nitrogens is 3. The molecule has 0 spiro atoms. The van der Waals surface area contributed by atoms with Crippen LogP contribution in [0.25, 0.3) is 21.8 Å². The molecule has 0 saturated heterocycles. The molecule has 5 rings (SSSR count). The van der Waals surface area contributed by atoms with Crippen molar-refractivity contribution in [3.05, 3.63) is 66.6 Å². The highest BCUT2D eigenvalue weighted by Crippen LogP contribution is 2.37. The number of fused-ring (bicyclic) bond motifs is 2. The minimum absolute atomic E-state index is 0.544. The quantitative estimate of drug-likeness (QED) is 0.260. The minimum Gasteiger partial charge on any atom is -0.372 e. The summed E-state index contributed by atoms with van der Waals surface area (Å²) in [6.45, 7) is 7.93. The van der Waals surface area contributed by atoms with Gasteiger partial charge < -0.3 is 20.1 Å². The Morgan fingerprint density at radius 3 is 2.78 bits per heavy atom. The number of nitrogens with one attached hydrogen (secondary N) is 2. The zero-order chi connectivity index (χ0) is 24.7. The van der Waals surface area contributed by atoms with Gasteiger partial charge in [-0.2, -0.15) is 0 Å². The molecule has 2 aromatic carbocycles. The van der Waals surface area contributed by atoms with Gasteiger partial charge in [-0.3, -0.25) is 0 Å². The zero-order valence-corrected chi connectivity index (χ0v) is 21.8. The van der Waals surface area contributed by atoms with Crippen molar-refractivity contribution >= 4 is 27.6 Å². The van der Waals surface area contributed by atoms with E-state index in [9.17, 15) is 0 Å². The summed E-state index contributed by atoms with van der Waals surface area (Å²) in [6, 6.07) is 18.1. The Morgan fingerprint density at radius 2 is 1.92 bits per heavy atom. The number of benzene rings is 2. The first-order valence-corrected chi connectivity index (χ1v) is 13.6. The van der Waals surface area contributed by atoms with Crippen molar-refractivity contribution in [1.82, 2.24) is 24.8 Å². The normalized spacial score (nSPS) is 18.0. The van der Waals surface area contributed by atoms with Crippen LogP contribution in [0.15, 0.2) is 61.1 Å². The van der Waals surface area contributed by atoms with Crippen molar-refractivity contribution in [3.8, 4) is 0 Å². The average molecular weight is 485 g/mol. The first-order chi connectivity index (χ1) is 17.7. The highest BCUT2D eigenvalue weighted by molar-refractivity contribution is 5.87. The van der Waals surface area contributed by atoms with E-state index in [-0.39, 0.29) is 0 Å². The van der Waals surface area contributed by atoms with Crippen molar-refractivity contribution in [3.63, 3.8) is 0 Å². The van der Waals surface area contributed by atoms with Crippen molar-refractivity contribution in [2.24, 2.45) is 5.92 Å². The van der Waals surface area contributed by atoms with Crippen LogP contribution in [-0.4, -0.2) is 59.2 Å². The predicted octanol–water partition coefficient (Wildman–Crippen LogP) is 5.51. The molecule has 0 radical (unpaired) electrons. The van der Waals surface area contributed by atoms with Crippen LogP contribution in [-0.2, 0) is 6.42 Å². The maximum atomic E-state index is 4.59. The molecule has 2 N–H and O–H groups in total. The van der Waals surface area contributed by atoms with Gasteiger partial charge in [0.15, 0.2) is 0 Å². The van der Waals surface area contributed by atoms with Crippen LogP contribution >= 0.6 is 0 Å². The molecule has 0 amide bonds. The van der Waals surface area contributed by atoms with Crippen LogP contribution in [0.5, 0.6) is 0 Å². The molecule has 6 nitrogen and oxygen atoms in total. The molecule has 1 fully saturated rings. The van der Waals surface area contributed by atoms with Crippen LogP contribution in [0.3, 0.4) is 0 Å². The summed E-state index contributed by atoms with van der Waals surface area (Å²) in [4.78, 5) is 11.6. The van der Waals surface area contributed by atoms with E-state index in [4.69, 9.17) is 0 Å². The van der Waals surface area contributed by atoms with E-state index >= 15 is 0 Å². The molecule has 0 bridgehead atoms. The second-order valence-electron chi connectivity index (χ2n) is 10.2. The van der Waals surface area contributed by atoms with E-state index in [1.165, 1.54) is 55.1 Å². The van der Waals surface area contributed by atoms with E-state index in [0.29, 0.717) is 6.04 Å². The summed E-state index contributed by atoms with van der Waals surface area (Å²) in [7, 11) is 1.92. The molecule has 6 heteroatoms. The average Bonchev–Trinajstić information content (AvgIpc) is 3.56. The van der Waals surface area contributed by atoms with Gasteiger partial charge in [0.25, 0.3) is 0 Å². The molecule has 2 heterocycles. The second-order valence-corrected chi connectivity index (χ2v) is 10.2. The van der Waals surface area contributed by atoms with Gasteiger partial charge in [0.1, 0.15) is 17.8 Å². The van der Waals surface area contributed by atoms with Gasteiger partial charge in [-0.1, -0.05) is 49.4 Å². The first kappa shape index (κ1) is 24.7. The molecule has 2 unspecified atom stereocenters. The third-order valence-corrected chi connectivity index (χ3v) is 7.85. The Labute approximate surface area is 215 Å². The Kier molecular flexibility index (Phi) is 8.14. The maximum absolute atomic E-state index is 4.59. The van der Waals surface area contributed by atoms with Crippen LogP contribution in [0.1, 0.15) is 44.2 Å². The van der Waals surface area contributed by atoms with Crippen molar-refractivity contribution in [2.75, 3.05) is 45.1 Å². The Morgan fingerprint density at radius 1 is 1.03 bits per heavy atom. The first-order valence-electron chi connectivity index (χ1n) is 13.6. The maximum Gasteiger partial charge on any atom is 0.145 e. The summed E-state index contributed by atoms with van der Waals surface area (Å²) < 4.78 is 2.38. The van der Waals surface area contributed by atoms with Gasteiger partial charge in [-0.25, -0.2) is 9.97 Å². The van der Waals surface area contributed by atoms with Gasteiger partial charge in [0.05, 0.1) is 5.39 Å². The smallest absolute Gasteiger partial charge is 0.145 e. The standard InChI is InChI=1S/C30H40N6/c1-3-35(17-6-15-32-16-13-23-9-11-25-7-4-5-8-26(25)19-23)21-24-10-12-27(20-24)36-18-14-28-29(31-2)33-22-34-30(28)36/h4-5,7-9,11,14,18-19,22,24,27,32H,3,6,10,12-13,15-17,20-21H2,1-2H3,(H,31,33,34). The largest absolute Gasteiger partial charge is 0.372 e. The predicted molar refractivity (Wildman–Crippen MR) is 151 cm³/mol. The molecule has 2 atom stereocenters. The van der Waals surface area contributed by atoms with E-state index in [1.807, 2.05) is 7.05 Å². The summed E-state index contributed by atoms with van der Waals surface area (Å²) in [5, 5.41) is 10.6. The number of nitrogens with zero attached hydrogens (tertiary/aromatic N) is 4. The zero-order valence-electron chi connectivity index (χ0n) is 21.8. The van der Waals surface area contributed by atoms with Crippen LogP contribution in [0.2, 0.25) is 0 Å². The fourth-order valence-corrected chi connectivity index (χ4v) is 5.86. The molecule has 1 aliphatic carbocycles. The van der Waals surface area contributed by atoms with Gasteiger partial charge >= 0.3 is 0 Å².